The van der Waals surface area contributed by atoms with E-state index in [9.17, 15) is 32.4 Å². The molecular weight excluding hydrogens is 660 g/mol. The third-order valence-corrected chi connectivity index (χ3v) is 12.2. The minimum Gasteiger partial charge on any atom is -0.346 e. The first-order valence-corrected chi connectivity index (χ1v) is 18.7. The Morgan fingerprint density at radius 1 is 1.12 bits per heavy atom. The van der Waals surface area contributed by atoms with E-state index in [-0.39, 0.29) is 47.5 Å². The van der Waals surface area contributed by atoms with Crippen LogP contribution in [0.15, 0.2) is 42.1 Å². The Morgan fingerprint density at radius 2 is 1.80 bits per heavy atom. The standard InChI is InChI=1S/C36H50N6O7S/c1-8-15-24(28(43)31(45)38-19-9-2)39-30(44)27-26-23(35(26,6)7)21-42(27)32(46)29(34(3,4)5)40-33(47)41-36(17-12-10-13-18-36)22-50(48,49)25-16-11-14-20-37-25/h1,9,11,14,16,20,23-24,26-27,29H,2,10,12-13,15,17-19,21-22H2,3-7H3,(H,38,45)(H,39,44)(H2,40,41,47)/t23-,24?,26-,27-,29+/m0/s1. The Labute approximate surface area is 295 Å². The normalized spacial score (nSPS) is 23.2. The highest BCUT2D eigenvalue weighted by Crippen LogP contribution is 2.65. The Bertz CT molecular complexity index is 1640. The molecule has 5 atom stereocenters. The maximum atomic E-state index is 14.4. The monoisotopic (exact) mass is 710 g/mol. The summed E-state index contributed by atoms with van der Waals surface area (Å²) < 4.78 is 26.8. The van der Waals surface area contributed by atoms with Crippen molar-refractivity contribution in [3.05, 3.63) is 37.1 Å². The van der Waals surface area contributed by atoms with Crippen LogP contribution in [0.3, 0.4) is 0 Å². The molecule has 4 rings (SSSR count). The van der Waals surface area contributed by atoms with Crippen LogP contribution >= 0.6 is 0 Å². The molecule has 5 amide bonds. The lowest BCUT2D eigenvalue weighted by Crippen LogP contribution is -2.63. The van der Waals surface area contributed by atoms with Gasteiger partial charge >= 0.3 is 6.03 Å². The summed E-state index contributed by atoms with van der Waals surface area (Å²) in [5, 5.41) is 10.7. The number of nitrogens with zero attached hydrogens (tertiary/aromatic N) is 2. The fourth-order valence-electron chi connectivity index (χ4n) is 7.53. The van der Waals surface area contributed by atoms with E-state index in [1.54, 1.807) is 32.9 Å². The number of sulfone groups is 1. The number of rotatable bonds is 13. The van der Waals surface area contributed by atoms with Gasteiger partial charge in [-0.1, -0.05) is 66.0 Å². The van der Waals surface area contributed by atoms with Gasteiger partial charge in [0, 0.05) is 25.7 Å². The molecule has 3 aliphatic rings. The molecule has 272 valence electrons. The molecule has 2 heterocycles. The molecule has 13 nitrogen and oxygen atoms in total. The molecule has 1 aromatic heterocycles. The largest absolute Gasteiger partial charge is 0.346 e. The number of aromatic nitrogens is 1. The number of ketones is 1. The fourth-order valence-corrected chi connectivity index (χ4v) is 9.28. The first-order valence-electron chi connectivity index (χ1n) is 17.1. The van der Waals surface area contributed by atoms with Crippen molar-refractivity contribution in [1.82, 2.24) is 31.2 Å². The van der Waals surface area contributed by atoms with Crippen LogP contribution < -0.4 is 21.3 Å². The van der Waals surface area contributed by atoms with E-state index in [4.69, 9.17) is 6.42 Å². The Kier molecular flexibility index (Phi) is 11.5. The molecule has 4 N–H and O–H groups in total. The van der Waals surface area contributed by atoms with E-state index in [1.807, 2.05) is 13.8 Å². The summed E-state index contributed by atoms with van der Waals surface area (Å²) in [7, 11) is -3.85. The molecule has 2 aliphatic carbocycles. The van der Waals surface area contributed by atoms with E-state index >= 15 is 0 Å². The summed E-state index contributed by atoms with van der Waals surface area (Å²) in [6, 6.07) is 0.589. The number of piperidine rings is 1. The second kappa shape index (κ2) is 14.9. The van der Waals surface area contributed by atoms with Gasteiger partial charge < -0.3 is 26.2 Å². The van der Waals surface area contributed by atoms with Crippen molar-refractivity contribution >= 4 is 39.4 Å². The van der Waals surface area contributed by atoms with Crippen LogP contribution in [0.5, 0.6) is 0 Å². The third kappa shape index (κ3) is 8.37. The van der Waals surface area contributed by atoms with Crippen LogP contribution in [0.1, 0.15) is 73.1 Å². The average Bonchev–Trinajstić information content (AvgIpc) is 3.36. The van der Waals surface area contributed by atoms with Gasteiger partial charge in [-0.2, -0.15) is 0 Å². The van der Waals surface area contributed by atoms with E-state index in [1.165, 1.54) is 23.2 Å². The predicted molar refractivity (Wildman–Crippen MR) is 187 cm³/mol. The molecule has 3 fully saturated rings. The van der Waals surface area contributed by atoms with E-state index in [2.05, 4.69) is 38.8 Å². The summed E-state index contributed by atoms with van der Waals surface area (Å²) in [5.74, 6) is -1.15. The number of hydrogen-bond acceptors (Lipinski definition) is 8. The highest BCUT2D eigenvalue weighted by molar-refractivity contribution is 7.91. The Hall–Kier alpha value is -4.25. The van der Waals surface area contributed by atoms with Crippen molar-refractivity contribution < 1.29 is 32.4 Å². The van der Waals surface area contributed by atoms with E-state index in [0.29, 0.717) is 12.8 Å². The van der Waals surface area contributed by atoms with Gasteiger partial charge in [0.25, 0.3) is 5.91 Å². The number of urea groups is 1. The maximum absolute atomic E-state index is 14.4. The van der Waals surface area contributed by atoms with Gasteiger partial charge in [-0.15, -0.1) is 18.9 Å². The molecule has 1 saturated heterocycles. The molecule has 0 aromatic carbocycles. The molecule has 0 spiro atoms. The predicted octanol–water partition coefficient (Wildman–Crippen LogP) is 2.13. The average molecular weight is 711 g/mol. The van der Waals surface area contributed by atoms with Crippen LogP contribution in [-0.2, 0) is 29.0 Å². The topological polar surface area (TPSA) is 184 Å². The van der Waals surface area contributed by atoms with Crippen LogP contribution in [0.2, 0.25) is 0 Å². The first kappa shape index (κ1) is 38.6. The van der Waals surface area contributed by atoms with Crippen LogP contribution in [0, 0.1) is 35.0 Å². The lowest BCUT2D eigenvalue weighted by Gasteiger charge is -2.40. The molecule has 1 aliphatic heterocycles. The van der Waals surface area contributed by atoms with Crippen molar-refractivity contribution in [2.24, 2.45) is 22.7 Å². The molecular formula is C36H50N6O7S. The molecule has 50 heavy (non-hydrogen) atoms. The number of carbonyl (C=O) groups excluding carboxylic acids is 5. The molecule has 0 bridgehead atoms. The summed E-state index contributed by atoms with van der Waals surface area (Å²) in [6.45, 7) is 13.2. The number of Topliss-reactive ketones (excluding diaryl/α,β-unsaturated/α-hetero) is 1. The second-order valence-corrected chi connectivity index (χ2v) is 17.3. The quantitative estimate of drug-likeness (QED) is 0.136. The number of amides is 5. The summed E-state index contributed by atoms with van der Waals surface area (Å²) in [6.07, 6.45) is 11.3. The number of likely N-dealkylation sites (tertiary alicyclic amines) is 1. The molecule has 0 radical (unpaired) electrons. The van der Waals surface area contributed by atoms with Gasteiger partial charge in [0.05, 0.1) is 11.3 Å². The first-order chi connectivity index (χ1) is 23.4. The fraction of sp³-hybridized carbons (Fsp3) is 0.611. The Balaban J connectivity index is 1.55. The van der Waals surface area contributed by atoms with Crippen molar-refractivity contribution in [3.8, 4) is 12.3 Å². The van der Waals surface area contributed by atoms with E-state index < -0.39 is 68.5 Å². The van der Waals surface area contributed by atoms with Gasteiger partial charge in [0.1, 0.15) is 18.1 Å². The van der Waals surface area contributed by atoms with Gasteiger partial charge in [0.2, 0.25) is 17.6 Å². The van der Waals surface area contributed by atoms with Gasteiger partial charge in [-0.25, -0.2) is 18.2 Å². The van der Waals surface area contributed by atoms with Crippen LogP contribution in [-0.4, -0.2) is 90.3 Å². The van der Waals surface area contributed by atoms with Crippen molar-refractivity contribution in [3.63, 3.8) is 0 Å². The molecule has 1 aromatic rings. The lowest BCUT2D eigenvalue weighted by atomic mass is 9.83. The number of carbonyl (C=O) groups is 5. The van der Waals surface area contributed by atoms with E-state index in [0.717, 1.165) is 19.3 Å². The zero-order chi connectivity index (χ0) is 37.1. The van der Waals surface area contributed by atoms with Gasteiger partial charge in [0.15, 0.2) is 14.9 Å². The SMILES string of the molecule is C#CCC(NC(=O)[C@@H]1[C@@H]2[C@H](CN1C(=O)[C@@H](NC(=O)NC1(CS(=O)(=O)c3ccccn3)CCCCC1)C(C)(C)C)C2(C)C)C(=O)C(=O)NCC=C. The smallest absolute Gasteiger partial charge is 0.315 e. The highest BCUT2D eigenvalue weighted by atomic mass is 32.2. The van der Waals surface area contributed by atoms with Crippen LogP contribution in [0.4, 0.5) is 4.79 Å². The highest BCUT2D eigenvalue weighted by Gasteiger charge is 2.70. The minimum absolute atomic E-state index is 0.00312. The molecule has 14 heteroatoms. The lowest BCUT2D eigenvalue weighted by molar-refractivity contribution is -0.145. The van der Waals surface area contributed by atoms with Gasteiger partial charge in [-0.3, -0.25) is 19.2 Å². The van der Waals surface area contributed by atoms with Gasteiger partial charge in [-0.05, 0) is 47.6 Å². The number of fused-ring (bicyclic) bond motifs is 1. The zero-order valence-corrected chi connectivity index (χ0v) is 30.4. The summed E-state index contributed by atoms with van der Waals surface area (Å²) >= 11 is 0. The Morgan fingerprint density at radius 3 is 2.38 bits per heavy atom. The number of nitrogens with one attached hydrogen (secondary N) is 4. The number of pyridine rings is 1. The number of terminal acetylenes is 1. The van der Waals surface area contributed by atoms with Crippen molar-refractivity contribution in [2.45, 2.75) is 102 Å². The van der Waals surface area contributed by atoms with Crippen LogP contribution in [0.25, 0.3) is 0 Å². The summed E-state index contributed by atoms with van der Waals surface area (Å²) in [5.41, 5.74) is -2.15. The minimum atomic E-state index is -3.85. The molecule has 2 saturated carbocycles. The van der Waals surface area contributed by atoms with Crippen molar-refractivity contribution in [2.75, 3.05) is 18.8 Å². The maximum Gasteiger partial charge on any atom is 0.315 e. The van der Waals surface area contributed by atoms with Crippen molar-refractivity contribution in [1.29, 1.82) is 0 Å². The second-order valence-electron chi connectivity index (χ2n) is 15.4. The third-order valence-electron chi connectivity index (χ3n) is 10.3. The molecule has 1 unspecified atom stereocenters. The zero-order valence-electron chi connectivity index (χ0n) is 29.6. The number of hydrogen-bond donors (Lipinski definition) is 4. The summed E-state index contributed by atoms with van der Waals surface area (Å²) in [4.78, 5) is 72.9.